The standard InChI is InChI=1S/C20H22F2O4.C18H13OS/c21-20(22,17(23)24)16(15-4-2-1-3-5-15)26-18(25)19-9-12-6-13(10-19)8-14(7-12)11-19;1-2-8-14(9-3-1)20-17-12-6-4-10-15(17)19-16-11-5-7-13-18(16)20/h1-5,12-14,16H,6-11H2,(H,23,24);1-13H/q;+1/p-1. The molecular formula is C38H34F2O5S. The molecule has 0 N–H and O–H groups in total. The van der Waals surface area contributed by atoms with Gasteiger partial charge >= 0.3 is 11.9 Å². The van der Waals surface area contributed by atoms with Crippen molar-refractivity contribution in [1.29, 1.82) is 0 Å². The summed E-state index contributed by atoms with van der Waals surface area (Å²) in [6.07, 6.45) is 3.12. The number of halogens is 2. The zero-order valence-corrected chi connectivity index (χ0v) is 26.0. The average Bonchev–Trinajstić information content (AvgIpc) is 3.06. The van der Waals surface area contributed by atoms with Crippen LogP contribution in [0.15, 0.2) is 124 Å². The summed E-state index contributed by atoms with van der Waals surface area (Å²) < 4.78 is 39.9. The van der Waals surface area contributed by atoms with Crippen LogP contribution in [0.3, 0.4) is 0 Å². The number of carboxylic acid groups (broad SMARTS) is 1. The van der Waals surface area contributed by atoms with Crippen LogP contribution in [-0.4, -0.2) is 17.9 Å². The van der Waals surface area contributed by atoms with E-state index in [1.54, 1.807) is 6.07 Å². The molecule has 1 heterocycles. The topological polar surface area (TPSA) is 75.7 Å². The number of rotatable bonds is 6. The first-order valence-corrected chi connectivity index (χ1v) is 17.0. The molecule has 0 saturated heterocycles. The molecule has 4 saturated carbocycles. The van der Waals surface area contributed by atoms with E-state index in [0.29, 0.717) is 37.0 Å². The highest BCUT2D eigenvalue weighted by molar-refractivity contribution is 7.97. The van der Waals surface area contributed by atoms with Crippen molar-refractivity contribution in [2.24, 2.45) is 23.2 Å². The maximum Gasteiger partial charge on any atom is 0.327 e. The summed E-state index contributed by atoms with van der Waals surface area (Å²) in [4.78, 5) is 27.8. The van der Waals surface area contributed by atoms with E-state index in [0.717, 1.165) is 30.8 Å². The zero-order valence-electron chi connectivity index (χ0n) is 25.1. The number of aliphatic carboxylic acids is 1. The third kappa shape index (κ3) is 5.68. The predicted molar refractivity (Wildman–Crippen MR) is 167 cm³/mol. The van der Waals surface area contributed by atoms with Crippen LogP contribution in [-0.2, 0) is 25.2 Å². The van der Waals surface area contributed by atoms with Gasteiger partial charge in [-0.25, -0.2) is 0 Å². The molecule has 1 unspecified atom stereocenters. The molecule has 5 nitrogen and oxygen atoms in total. The number of carbonyl (C=O) groups is 2. The van der Waals surface area contributed by atoms with Gasteiger partial charge in [-0.3, -0.25) is 4.79 Å². The van der Waals surface area contributed by atoms with Crippen molar-refractivity contribution in [2.75, 3.05) is 0 Å². The maximum atomic E-state index is 14.3. The van der Waals surface area contributed by atoms with E-state index in [-0.39, 0.29) is 16.5 Å². The summed E-state index contributed by atoms with van der Waals surface area (Å²) in [5.41, 5.74) is -0.774. The van der Waals surface area contributed by atoms with Gasteiger partial charge in [0.2, 0.25) is 9.79 Å². The molecule has 0 radical (unpaired) electrons. The molecule has 1 atom stereocenters. The van der Waals surface area contributed by atoms with E-state index < -0.39 is 29.4 Å². The molecule has 4 fully saturated rings. The fourth-order valence-corrected chi connectivity index (χ4v) is 10.4. The molecule has 236 valence electrons. The Morgan fingerprint density at radius 1 is 0.739 bits per heavy atom. The van der Waals surface area contributed by atoms with Gasteiger partial charge in [-0.2, -0.15) is 8.78 Å². The Balaban J connectivity index is 0.000000152. The molecule has 0 amide bonds. The molecule has 0 spiro atoms. The van der Waals surface area contributed by atoms with Crippen LogP contribution in [0.25, 0.3) is 0 Å². The normalized spacial score (nSPS) is 24.8. The van der Waals surface area contributed by atoms with E-state index in [9.17, 15) is 23.5 Å². The number of benzene rings is 4. The largest absolute Gasteiger partial charge is 0.544 e. The highest BCUT2D eigenvalue weighted by atomic mass is 32.2. The monoisotopic (exact) mass is 640 g/mol. The van der Waals surface area contributed by atoms with Crippen LogP contribution >= 0.6 is 0 Å². The SMILES string of the molecule is O=C(OC(c1ccccc1)C(F)(F)C(=O)[O-])C12CC3CC(CC(C3)C1)C2.c1ccc([S+]2c3ccccc3Oc3ccccc32)cc1. The van der Waals surface area contributed by atoms with Gasteiger partial charge in [0.15, 0.2) is 22.5 Å². The Morgan fingerprint density at radius 2 is 1.20 bits per heavy atom. The van der Waals surface area contributed by atoms with Crippen molar-refractivity contribution in [3.63, 3.8) is 0 Å². The molecule has 4 aliphatic carbocycles. The summed E-state index contributed by atoms with van der Waals surface area (Å²) in [6, 6.07) is 34.6. The summed E-state index contributed by atoms with van der Waals surface area (Å²) in [5.74, 6) is -4.21. The lowest BCUT2D eigenvalue weighted by Gasteiger charge is -2.55. The highest BCUT2D eigenvalue weighted by Gasteiger charge is 2.57. The summed E-state index contributed by atoms with van der Waals surface area (Å²) >= 11 is 0. The Morgan fingerprint density at radius 3 is 1.70 bits per heavy atom. The number of para-hydroxylation sites is 2. The number of carboxylic acids is 1. The number of hydrogen-bond donors (Lipinski definition) is 0. The first kappa shape index (κ1) is 30.5. The predicted octanol–water partition coefficient (Wildman–Crippen LogP) is 7.76. The number of esters is 1. The van der Waals surface area contributed by atoms with E-state index >= 15 is 0 Å². The van der Waals surface area contributed by atoms with Gasteiger partial charge in [0.1, 0.15) is 16.9 Å². The first-order valence-electron chi connectivity index (χ1n) is 15.7. The molecule has 5 aliphatic rings. The lowest BCUT2D eigenvalue weighted by Crippen LogP contribution is -2.52. The Hall–Kier alpha value is -4.17. The minimum atomic E-state index is -4.29. The fraction of sp³-hybridized carbons (Fsp3) is 0.316. The molecule has 9 rings (SSSR count). The quantitative estimate of drug-likeness (QED) is 0.140. The van der Waals surface area contributed by atoms with Crippen LogP contribution < -0.4 is 9.84 Å². The van der Waals surface area contributed by atoms with Crippen LogP contribution in [0.2, 0.25) is 0 Å². The van der Waals surface area contributed by atoms with Crippen molar-refractivity contribution in [2.45, 2.75) is 65.2 Å². The summed E-state index contributed by atoms with van der Waals surface area (Å²) in [7, 11) is -0.0829. The molecule has 46 heavy (non-hydrogen) atoms. The van der Waals surface area contributed by atoms with Gasteiger partial charge in [-0.1, -0.05) is 72.8 Å². The second-order valence-corrected chi connectivity index (χ2v) is 14.9. The number of alkyl halides is 2. The fourth-order valence-electron chi connectivity index (χ4n) is 8.13. The minimum absolute atomic E-state index is 0.0419. The van der Waals surface area contributed by atoms with E-state index in [2.05, 4.69) is 54.6 Å². The van der Waals surface area contributed by atoms with Gasteiger partial charge in [0, 0.05) is 0 Å². The smallest absolute Gasteiger partial charge is 0.327 e. The number of ether oxygens (including phenoxy) is 2. The van der Waals surface area contributed by atoms with E-state index in [4.69, 9.17) is 9.47 Å². The van der Waals surface area contributed by atoms with Crippen LogP contribution in [0.1, 0.15) is 50.2 Å². The maximum absolute atomic E-state index is 14.3. The summed E-state index contributed by atoms with van der Waals surface area (Å²) in [5, 5.41) is 11.0. The lowest BCUT2D eigenvalue weighted by atomic mass is 9.49. The van der Waals surface area contributed by atoms with Crippen LogP contribution in [0.4, 0.5) is 8.78 Å². The van der Waals surface area contributed by atoms with Crippen LogP contribution in [0, 0.1) is 23.2 Å². The van der Waals surface area contributed by atoms with Crippen molar-refractivity contribution >= 4 is 22.8 Å². The van der Waals surface area contributed by atoms with Crippen molar-refractivity contribution in [3.05, 3.63) is 115 Å². The molecule has 1 aliphatic heterocycles. The van der Waals surface area contributed by atoms with E-state index in [1.165, 1.54) is 39.0 Å². The number of hydrogen-bond acceptors (Lipinski definition) is 5. The second kappa shape index (κ2) is 12.2. The van der Waals surface area contributed by atoms with Crippen molar-refractivity contribution < 1.29 is 33.0 Å². The number of fused-ring (bicyclic) bond motifs is 2. The van der Waals surface area contributed by atoms with Gasteiger partial charge in [-0.05, 0) is 98.2 Å². The van der Waals surface area contributed by atoms with Gasteiger partial charge in [-0.15, -0.1) is 0 Å². The Kier molecular flexibility index (Phi) is 8.09. The van der Waals surface area contributed by atoms with Crippen molar-refractivity contribution in [3.8, 4) is 11.5 Å². The first-order chi connectivity index (χ1) is 22.2. The lowest BCUT2D eigenvalue weighted by molar-refractivity contribution is -0.337. The number of carbonyl (C=O) groups excluding carboxylic acids is 2. The molecule has 8 heteroatoms. The van der Waals surface area contributed by atoms with Crippen molar-refractivity contribution in [1.82, 2.24) is 0 Å². The third-order valence-electron chi connectivity index (χ3n) is 9.74. The molecule has 4 aromatic carbocycles. The Labute approximate surface area is 269 Å². The van der Waals surface area contributed by atoms with Gasteiger partial charge in [0.05, 0.1) is 5.41 Å². The summed E-state index contributed by atoms with van der Waals surface area (Å²) in [6.45, 7) is 0. The highest BCUT2D eigenvalue weighted by Crippen LogP contribution is 2.61. The molecule has 0 aromatic heterocycles. The average molecular weight is 641 g/mol. The second-order valence-electron chi connectivity index (χ2n) is 12.9. The van der Waals surface area contributed by atoms with Gasteiger partial charge < -0.3 is 19.4 Å². The molecule has 4 bridgehead atoms. The minimum Gasteiger partial charge on any atom is -0.544 e. The zero-order chi connectivity index (χ0) is 31.9. The van der Waals surface area contributed by atoms with E-state index in [1.807, 2.05) is 24.3 Å². The third-order valence-corrected chi connectivity index (χ3v) is 12.0. The molecular weight excluding hydrogens is 606 g/mol. The molecule has 4 aromatic rings. The Bertz CT molecular complexity index is 1650. The van der Waals surface area contributed by atoms with Crippen LogP contribution in [0.5, 0.6) is 11.5 Å². The van der Waals surface area contributed by atoms with Gasteiger partial charge in [0.25, 0.3) is 0 Å².